The van der Waals surface area contributed by atoms with Gasteiger partial charge in [0.2, 0.25) is 5.91 Å². The normalized spacial score (nSPS) is 18.6. The molecule has 1 fully saturated rings. The van der Waals surface area contributed by atoms with Crippen LogP contribution in [0.1, 0.15) is 33.1 Å². The fourth-order valence-corrected chi connectivity index (χ4v) is 1.89. The van der Waals surface area contributed by atoms with Crippen molar-refractivity contribution in [1.82, 2.24) is 10.2 Å². The van der Waals surface area contributed by atoms with Crippen LogP contribution in [0.2, 0.25) is 0 Å². The van der Waals surface area contributed by atoms with Gasteiger partial charge in [0.25, 0.3) is 0 Å². The summed E-state index contributed by atoms with van der Waals surface area (Å²) >= 11 is 0. The van der Waals surface area contributed by atoms with Crippen molar-refractivity contribution in [2.75, 3.05) is 19.6 Å². The highest BCUT2D eigenvalue weighted by atomic mass is 16.2. The van der Waals surface area contributed by atoms with E-state index in [0.29, 0.717) is 6.04 Å². The van der Waals surface area contributed by atoms with Crippen molar-refractivity contribution < 1.29 is 4.79 Å². The monoisotopic (exact) mass is 183 g/mol. The maximum Gasteiger partial charge on any atom is 0.219 e. The molecule has 1 heterocycles. The van der Waals surface area contributed by atoms with Crippen LogP contribution in [0.4, 0.5) is 0 Å². The van der Waals surface area contributed by atoms with Gasteiger partial charge in [-0.1, -0.05) is 6.92 Å². The Morgan fingerprint density at radius 3 is 2.54 bits per heavy atom. The lowest BCUT2D eigenvalue weighted by Gasteiger charge is -2.33. The SMILES string of the molecule is CCCN(C(C)=O)C1CC[N]CC1. The van der Waals surface area contributed by atoms with Crippen molar-refractivity contribution in [1.29, 1.82) is 0 Å². The summed E-state index contributed by atoms with van der Waals surface area (Å²) in [5.74, 6) is 0.216. The molecule has 1 rings (SSSR count). The van der Waals surface area contributed by atoms with Gasteiger partial charge in [0.15, 0.2) is 0 Å². The second-order valence-electron chi connectivity index (χ2n) is 3.61. The number of amides is 1. The van der Waals surface area contributed by atoms with E-state index in [2.05, 4.69) is 12.2 Å². The number of hydrogen-bond donors (Lipinski definition) is 0. The van der Waals surface area contributed by atoms with Gasteiger partial charge >= 0.3 is 0 Å². The summed E-state index contributed by atoms with van der Waals surface area (Å²) < 4.78 is 0. The third-order valence-electron chi connectivity index (χ3n) is 2.55. The zero-order valence-electron chi connectivity index (χ0n) is 8.62. The zero-order chi connectivity index (χ0) is 9.68. The fraction of sp³-hybridized carbons (Fsp3) is 0.900. The molecular formula is C10H19N2O. The Kier molecular flexibility index (Phi) is 4.22. The Morgan fingerprint density at radius 1 is 1.46 bits per heavy atom. The summed E-state index contributed by atoms with van der Waals surface area (Å²) in [5.41, 5.74) is 0. The largest absolute Gasteiger partial charge is 0.340 e. The Hall–Kier alpha value is -0.570. The van der Waals surface area contributed by atoms with Crippen molar-refractivity contribution in [3.8, 4) is 0 Å². The third kappa shape index (κ3) is 2.99. The molecule has 0 aromatic rings. The molecule has 13 heavy (non-hydrogen) atoms. The first-order chi connectivity index (χ1) is 6.25. The Bertz CT molecular complexity index is 164. The van der Waals surface area contributed by atoms with E-state index in [1.165, 1.54) is 0 Å². The lowest BCUT2D eigenvalue weighted by Crippen LogP contribution is -2.44. The molecule has 1 aliphatic rings. The maximum absolute atomic E-state index is 11.3. The zero-order valence-corrected chi connectivity index (χ0v) is 8.62. The number of nitrogens with zero attached hydrogens (tertiary/aromatic N) is 2. The Morgan fingerprint density at radius 2 is 2.08 bits per heavy atom. The number of piperidine rings is 1. The smallest absolute Gasteiger partial charge is 0.219 e. The molecule has 0 aromatic carbocycles. The average Bonchev–Trinajstić information content (AvgIpc) is 2.15. The summed E-state index contributed by atoms with van der Waals surface area (Å²) in [6.45, 7) is 6.54. The highest BCUT2D eigenvalue weighted by Gasteiger charge is 2.22. The minimum Gasteiger partial charge on any atom is -0.340 e. The minimum absolute atomic E-state index is 0.216. The van der Waals surface area contributed by atoms with Crippen LogP contribution in [0.15, 0.2) is 0 Å². The van der Waals surface area contributed by atoms with Gasteiger partial charge in [0.1, 0.15) is 0 Å². The van der Waals surface area contributed by atoms with Crippen LogP contribution in [-0.4, -0.2) is 36.5 Å². The minimum atomic E-state index is 0.216. The molecule has 0 N–H and O–H groups in total. The van der Waals surface area contributed by atoms with Crippen LogP contribution >= 0.6 is 0 Å². The molecule has 1 radical (unpaired) electrons. The fourth-order valence-electron chi connectivity index (χ4n) is 1.89. The van der Waals surface area contributed by atoms with E-state index in [1.807, 2.05) is 4.90 Å². The van der Waals surface area contributed by atoms with Gasteiger partial charge in [0.05, 0.1) is 0 Å². The molecular weight excluding hydrogens is 164 g/mol. The summed E-state index contributed by atoms with van der Waals surface area (Å²) in [4.78, 5) is 13.3. The number of hydrogen-bond acceptors (Lipinski definition) is 1. The van der Waals surface area contributed by atoms with Gasteiger partial charge in [-0.3, -0.25) is 4.79 Å². The Balaban J connectivity index is 2.46. The van der Waals surface area contributed by atoms with Gasteiger partial charge < -0.3 is 4.90 Å². The van der Waals surface area contributed by atoms with Crippen LogP contribution in [0.25, 0.3) is 0 Å². The summed E-state index contributed by atoms with van der Waals surface area (Å²) in [7, 11) is 0. The Labute approximate surface area is 80.5 Å². The predicted octanol–water partition coefficient (Wildman–Crippen LogP) is 1.01. The van der Waals surface area contributed by atoms with E-state index in [1.54, 1.807) is 6.92 Å². The molecule has 0 aromatic heterocycles. The molecule has 0 saturated carbocycles. The summed E-state index contributed by atoms with van der Waals surface area (Å²) in [5, 5.41) is 4.29. The molecule has 0 atom stereocenters. The number of carbonyl (C=O) groups excluding carboxylic acids is 1. The molecule has 3 nitrogen and oxygen atoms in total. The van der Waals surface area contributed by atoms with Crippen LogP contribution < -0.4 is 5.32 Å². The molecule has 0 aliphatic carbocycles. The van der Waals surface area contributed by atoms with Gasteiger partial charge in [-0.25, -0.2) is 5.32 Å². The highest BCUT2D eigenvalue weighted by Crippen LogP contribution is 2.12. The molecule has 0 unspecified atom stereocenters. The average molecular weight is 183 g/mol. The molecule has 0 bridgehead atoms. The van der Waals surface area contributed by atoms with Crippen LogP contribution in [0.5, 0.6) is 0 Å². The molecule has 1 amide bonds. The van der Waals surface area contributed by atoms with Gasteiger partial charge in [-0.2, -0.15) is 0 Å². The van der Waals surface area contributed by atoms with E-state index in [4.69, 9.17) is 0 Å². The van der Waals surface area contributed by atoms with E-state index in [0.717, 1.165) is 38.9 Å². The van der Waals surface area contributed by atoms with Crippen molar-refractivity contribution in [2.45, 2.75) is 39.2 Å². The first-order valence-corrected chi connectivity index (χ1v) is 5.16. The first-order valence-electron chi connectivity index (χ1n) is 5.16. The molecule has 3 heteroatoms. The lowest BCUT2D eigenvalue weighted by atomic mass is 10.0. The second kappa shape index (κ2) is 5.22. The van der Waals surface area contributed by atoms with E-state index >= 15 is 0 Å². The van der Waals surface area contributed by atoms with Crippen LogP contribution in [0.3, 0.4) is 0 Å². The standard InChI is InChI=1S/C10H19N2O/c1-3-8-12(9(2)13)10-4-6-11-7-5-10/h10H,3-8H2,1-2H3. The molecule has 0 spiro atoms. The maximum atomic E-state index is 11.3. The third-order valence-corrected chi connectivity index (χ3v) is 2.55. The topological polar surface area (TPSA) is 34.4 Å². The van der Waals surface area contributed by atoms with Crippen molar-refractivity contribution >= 4 is 5.91 Å². The van der Waals surface area contributed by atoms with Crippen molar-refractivity contribution in [2.24, 2.45) is 0 Å². The van der Waals surface area contributed by atoms with Gasteiger partial charge in [-0.15, -0.1) is 0 Å². The van der Waals surface area contributed by atoms with Crippen LogP contribution in [-0.2, 0) is 4.79 Å². The summed E-state index contributed by atoms with van der Waals surface area (Å²) in [6.07, 6.45) is 3.16. The highest BCUT2D eigenvalue weighted by molar-refractivity contribution is 5.73. The molecule has 75 valence electrons. The predicted molar refractivity (Wildman–Crippen MR) is 52.6 cm³/mol. The molecule has 1 aliphatic heterocycles. The number of rotatable bonds is 3. The summed E-state index contributed by atoms with van der Waals surface area (Å²) in [6, 6.07) is 0.454. The van der Waals surface area contributed by atoms with Gasteiger partial charge in [-0.05, 0) is 19.3 Å². The van der Waals surface area contributed by atoms with Gasteiger partial charge in [0, 0.05) is 32.6 Å². The van der Waals surface area contributed by atoms with E-state index in [-0.39, 0.29) is 5.91 Å². The van der Waals surface area contributed by atoms with Crippen LogP contribution in [0, 0.1) is 0 Å². The lowest BCUT2D eigenvalue weighted by molar-refractivity contribution is -0.131. The van der Waals surface area contributed by atoms with E-state index in [9.17, 15) is 4.79 Å². The first kappa shape index (κ1) is 10.5. The van der Waals surface area contributed by atoms with Crippen molar-refractivity contribution in [3.05, 3.63) is 0 Å². The van der Waals surface area contributed by atoms with E-state index < -0.39 is 0 Å². The molecule has 1 saturated heterocycles. The quantitative estimate of drug-likeness (QED) is 0.643. The second-order valence-corrected chi connectivity index (χ2v) is 3.61. The number of carbonyl (C=O) groups is 1. The van der Waals surface area contributed by atoms with Crippen molar-refractivity contribution in [3.63, 3.8) is 0 Å².